The van der Waals surface area contributed by atoms with E-state index in [2.05, 4.69) is 19.1 Å². The molecule has 2 nitrogen and oxygen atoms in total. The standard InChI is InChI=1S/C20H30O2/c1-2-3-4-5-6-7-8-9-10-11-12-13-14-15-16-17-18-19-20(21)22/h10-19H,2-9H2,1H3,(H,21,22)/b11-10?,13-12?,15-14?,17-16+,19-18+. The van der Waals surface area contributed by atoms with E-state index in [1.807, 2.05) is 24.3 Å². The molecule has 0 spiro atoms. The van der Waals surface area contributed by atoms with E-state index in [0.717, 1.165) is 12.5 Å². The van der Waals surface area contributed by atoms with Gasteiger partial charge >= 0.3 is 5.97 Å². The first-order chi connectivity index (χ1) is 10.8. The number of hydrogen-bond acceptors (Lipinski definition) is 1. The second-order valence-corrected chi connectivity index (χ2v) is 5.19. The number of rotatable bonds is 13. The van der Waals surface area contributed by atoms with Crippen LogP contribution < -0.4 is 0 Å². The van der Waals surface area contributed by atoms with Crippen LogP contribution in [0.1, 0.15) is 58.3 Å². The Morgan fingerprint density at radius 1 is 0.727 bits per heavy atom. The number of carbonyl (C=O) groups is 1. The Hall–Kier alpha value is -1.83. The molecule has 0 aromatic carbocycles. The van der Waals surface area contributed by atoms with Crippen molar-refractivity contribution in [1.82, 2.24) is 0 Å². The number of allylic oxidation sites excluding steroid dienone is 9. The summed E-state index contributed by atoms with van der Waals surface area (Å²) >= 11 is 0. The van der Waals surface area contributed by atoms with Gasteiger partial charge in [-0.2, -0.15) is 0 Å². The molecule has 0 aliphatic rings. The van der Waals surface area contributed by atoms with E-state index in [9.17, 15) is 4.79 Å². The zero-order chi connectivity index (χ0) is 16.3. The van der Waals surface area contributed by atoms with Crippen LogP contribution in [-0.4, -0.2) is 11.1 Å². The lowest BCUT2D eigenvalue weighted by atomic mass is 10.1. The van der Waals surface area contributed by atoms with Crippen molar-refractivity contribution < 1.29 is 9.90 Å². The van der Waals surface area contributed by atoms with E-state index >= 15 is 0 Å². The van der Waals surface area contributed by atoms with Crippen molar-refractivity contribution in [2.45, 2.75) is 58.3 Å². The minimum Gasteiger partial charge on any atom is -0.478 e. The Labute approximate surface area is 135 Å². The number of carboxylic acid groups (broad SMARTS) is 1. The summed E-state index contributed by atoms with van der Waals surface area (Å²) in [5.41, 5.74) is 0. The molecule has 0 heterocycles. The summed E-state index contributed by atoms with van der Waals surface area (Å²) in [6, 6.07) is 0. The van der Waals surface area contributed by atoms with Crippen LogP contribution in [0.4, 0.5) is 0 Å². The molecule has 2 heteroatoms. The molecule has 0 aromatic rings. The monoisotopic (exact) mass is 302 g/mol. The molecule has 0 aliphatic heterocycles. The van der Waals surface area contributed by atoms with Crippen molar-refractivity contribution in [2.24, 2.45) is 0 Å². The van der Waals surface area contributed by atoms with Gasteiger partial charge in [0.1, 0.15) is 0 Å². The second-order valence-electron chi connectivity index (χ2n) is 5.19. The topological polar surface area (TPSA) is 37.3 Å². The molecule has 0 aromatic heterocycles. The van der Waals surface area contributed by atoms with Crippen molar-refractivity contribution in [3.8, 4) is 0 Å². The summed E-state index contributed by atoms with van der Waals surface area (Å²) in [5.74, 6) is -0.931. The first-order valence-electron chi connectivity index (χ1n) is 8.33. The van der Waals surface area contributed by atoms with Crippen LogP contribution in [0.2, 0.25) is 0 Å². The summed E-state index contributed by atoms with van der Waals surface area (Å²) in [6.07, 6.45) is 28.8. The largest absolute Gasteiger partial charge is 0.478 e. The zero-order valence-corrected chi connectivity index (χ0v) is 13.8. The predicted octanol–water partition coefficient (Wildman–Crippen LogP) is 5.99. The summed E-state index contributed by atoms with van der Waals surface area (Å²) in [4.78, 5) is 10.2. The van der Waals surface area contributed by atoms with Gasteiger partial charge in [0, 0.05) is 6.08 Å². The molecule has 0 radical (unpaired) electrons. The minimum atomic E-state index is -0.931. The lowest BCUT2D eigenvalue weighted by Gasteiger charge is -1.98. The third-order valence-electron chi connectivity index (χ3n) is 3.13. The van der Waals surface area contributed by atoms with Gasteiger partial charge in [-0.15, -0.1) is 0 Å². The molecule has 0 fully saturated rings. The van der Waals surface area contributed by atoms with Gasteiger partial charge in [-0.05, 0) is 12.8 Å². The molecular weight excluding hydrogens is 272 g/mol. The fourth-order valence-electron chi connectivity index (χ4n) is 1.92. The molecule has 0 saturated heterocycles. The van der Waals surface area contributed by atoms with Gasteiger partial charge in [-0.25, -0.2) is 4.79 Å². The fourth-order valence-corrected chi connectivity index (χ4v) is 1.92. The number of hydrogen-bond donors (Lipinski definition) is 1. The van der Waals surface area contributed by atoms with Gasteiger partial charge in [0.05, 0.1) is 0 Å². The fraction of sp³-hybridized carbons (Fsp3) is 0.450. The third-order valence-corrected chi connectivity index (χ3v) is 3.13. The predicted molar refractivity (Wildman–Crippen MR) is 95.9 cm³/mol. The summed E-state index contributed by atoms with van der Waals surface area (Å²) in [5, 5.41) is 8.38. The lowest BCUT2D eigenvalue weighted by molar-refractivity contribution is -0.131. The summed E-state index contributed by atoms with van der Waals surface area (Å²) in [7, 11) is 0. The van der Waals surface area contributed by atoms with Crippen molar-refractivity contribution in [3.63, 3.8) is 0 Å². The zero-order valence-electron chi connectivity index (χ0n) is 13.8. The van der Waals surface area contributed by atoms with Gasteiger partial charge in [0.15, 0.2) is 0 Å². The molecule has 0 rings (SSSR count). The van der Waals surface area contributed by atoms with E-state index in [4.69, 9.17) is 5.11 Å². The van der Waals surface area contributed by atoms with Crippen molar-refractivity contribution >= 4 is 5.97 Å². The first-order valence-corrected chi connectivity index (χ1v) is 8.33. The SMILES string of the molecule is CCCCCCCCCC=CC=CC=C/C=C/C=C/C(=O)O. The molecule has 0 aliphatic carbocycles. The average Bonchev–Trinajstić information content (AvgIpc) is 2.50. The van der Waals surface area contributed by atoms with E-state index in [1.54, 1.807) is 12.2 Å². The molecular formula is C20H30O2. The summed E-state index contributed by atoms with van der Waals surface area (Å²) < 4.78 is 0. The molecule has 0 unspecified atom stereocenters. The van der Waals surface area contributed by atoms with Crippen LogP contribution in [0.3, 0.4) is 0 Å². The van der Waals surface area contributed by atoms with Crippen LogP contribution in [0.5, 0.6) is 0 Å². The molecule has 0 saturated carbocycles. The molecule has 0 atom stereocenters. The molecule has 122 valence electrons. The average molecular weight is 302 g/mol. The number of aliphatic carboxylic acids is 1. The Morgan fingerprint density at radius 2 is 1.23 bits per heavy atom. The second kappa shape index (κ2) is 17.2. The van der Waals surface area contributed by atoms with Crippen LogP contribution in [0.25, 0.3) is 0 Å². The lowest BCUT2D eigenvalue weighted by Crippen LogP contribution is -1.84. The van der Waals surface area contributed by atoms with Crippen LogP contribution >= 0.6 is 0 Å². The molecule has 1 N–H and O–H groups in total. The minimum absolute atomic E-state index is 0.931. The van der Waals surface area contributed by atoms with E-state index < -0.39 is 5.97 Å². The van der Waals surface area contributed by atoms with E-state index in [0.29, 0.717) is 0 Å². The highest BCUT2D eigenvalue weighted by molar-refractivity contribution is 5.80. The van der Waals surface area contributed by atoms with E-state index in [-0.39, 0.29) is 0 Å². The van der Waals surface area contributed by atoms with Crippen molar-refractivity contribution in [2.75, 3.05) is 0 Å². The number of carboxylic acids is 1. The molecule has 22 heavy (non-hydrogen) atoms. The van der Waals surface area contributed by atoms with Crippen LogP contribution in [0.15, 0.2) is 60.8 Å². The Bertz CT molecular complexity index is 398. The van der Waals surface area contributed by atoms with Crippen LogP contribution in [-0.2, 0) is 4.79 Å². The highest BCUT2D eigenvalue weighted by Gasteiger charge is 1.88. The number of unbranched alkanes of at least 4 members (excludes halogenated alkanes) is 7. The maximum atomic E-state index is 10.2. The Morgan fingerprint density at radius 3 is 1.82 bits per heavy atom. The van der Waals surface area contributed by atoms with Gasteiger partial charge in [-0.1, -0.05) is 100 Å². The van der Waals surface area contributed by atoms with Gasteiger partial charge in [-0.3, -0.25) is 0 Å². The Balaban J connectivity index is 3.50. The Kier molecular flexibility index (Phi) is 15.8. The quantitative estimate of drug-likeness (QED) is 0.258. The highest BCUT2D eigenvalue weighted by Crippen LogP contribution is 2.08. The first kappa shape index (κ1) is 20.2. The van der Waals surface area contributed by atoms with Crippen molar-refractivity contribution in [1.29, 1.82) is 0 Å². The normalized spacial score (nSPS) is 12.8. The smallest absolute Gasteiger partial charge is 0.328 e. The molecule has 0 amide bonds. The third kappa shape index (κ3) is 18.2. The summed E-state index contributed by atoms with van der Waals surface area (Å²) in [6.45, 7) is 2.25. The van der Waals surface area contributed by atoms with Crippen molar-refractivity contribution in [3.05, 3.63) is 60.8 Å². The maximum absolute atomic E-state index is 10.2. The van der Waals surface area contributed by atoms with Gasteiger partial charge in [0.2, 0.25) is 0 Å². The van der Waals surface area contributed by atoms with Gasteiger partial charge in [0.25, 0.3) is 0 Å². The van der Waals surface area contributed by atoms with E-state index in [1.165, 1.54) is 51.0 Å². The van der Waals surface area contributed by atoms with Gasteiger partial charge < -0.3 is 5.11 Å². The van der Waals surface area contributed by atoms with Crippen LogP contribution in [0, 0.1) is 0 Å². The molecule has 0 bridgehead atoms. The maximum Gasteiger partial charge on any atom is 0.328 e. The highest BCUT2D eigenvalue weighted by atomic mass is 16.4.